The van der Waals surface area contributed by atoms with Crippen LogP contribution in [0.5, 0.6) is 5.75 Å². The van der Waals surface area contributed by atoms with Gasteiger partial charge in [0.05, 0.1) is 6.61 Å². The third-order valence-electron chi connectivity index (χ3n) is 1.56. The van der Waals surface area contributed by atoms with Gasteiger partial charge in [0.15, 0.2) is 0 Å². The number of benzene rings is 1. The molecule has 0 heterocycles. The van der Waals surface area contributed by atoms with E-state index in [2.05, 4.69) is 4.74 Å². The van der Waals surface area contributed by atoms with Gasteiger partial charge in [0.25, 0.3) is 0 Å². The van der Waals surface area contributed by atoms with E-state index in [0.29, 0.717) is 12.0 Å². The third-order valence-corrected chi connectivity index (χ3v) is 1.56. The number of ether oxygens (including phenoxy) is 2. The average Bonchev–Trinajstić information content (AvgIpc) is 2.27. The topological polar surface area (TPSA) is 55.8 Å². The maximum absolute atomic E-state index is 11.2. The van der Waals surface area contributed by atoms with Gasteiger partial charge in [-0.2, -0.15) is 0 Å². The molecule has 0 unspecified atom stereocenters. The summed E-state index contributed by atoms with van der Waals surface area (Å²) >= 11 is 0. The predicted molar refractivity (Wildman–Crippen MR) is 54.4 cm³/mol. The molecule has 0 radical (unpaired) electrons. The maximum Gasteiger partial charge on any atom is 0.377 e. The molecule has 15 heavy (non-hydrogen) atoms. The Balaban J connectivity index is 2.67. The lowest BCUT2D eigenvalue weighted by molar-refractivity contribution is -0.141. The molecule has 80 valence electrons. The SMILES string of the molecule is CCOC(=O)/C(=C\O)Oc1ccccc1. The van der Waals surface area contributed by atoms with E-state index < -0.39 is 5.97 Å². The molecule has 0 aromatic heterocycles. The molecule has 0 amide bonds. The van der Waals surface area contributed by atoms with Gasteiger partial charge in [-0.25, -0.2) is 4.79 Å². The van der Waals surface area contributed by atoms with E-state index in [9.17, 15) is 4.79 Å². The molecule has 0 fully saturated rings. The first kappa shape index (κ1) is 11.1. The number of para-hydroxylation sites is 1. The van der Waals surface area contributed by atoms with Gasteiger partial charge in [0.1, 0.15) is 12.0 Å². The van der Waals surface area contributed by atoms with Crippen LogP contribution in [0.15, 0.2) is 42.4 Å². The molecular weight excluding hydrogens is 196 g/mol. The lowest BCUT2D eigenvalue weighted by atomic mass is 10.3. The van der Waals surface area contributed by atoms with Crippen LogP contribution in [-0.2, 0) is 9.53 Å². The molecule has 1 N–H and O–H groups in total. The molecule has 0 bridgehead atoms. The minimum atomic E-state index is -0.691. The molecule has 1 rings (SSSR count). The van der Waals surface area contributed by atoms with Gasteiger partial charge < -0.3 is 14.6 Å². The normalized spacial score (nSPS) is 10.9. The average molecular weight is 208 g/mol. The number of esters is 1. The lowest BCUT2D eigenvalue weighted by Crippen LogP contribution is -2.12. The summed E-state index contributed by atoms with van der Waals surface area (Å²) in [7, 11) is 0. The van der Waals surface area contributed by atoms with Gasteiger partial charge in [-0.3, -0.25) is 0 Å². The van der Waals surface area contributed by atoms with Crippen LogP contribution in [0.2, 0.25) is 0 Å². The second-order valence-corrected chi connectivity index (χ2v) is 2.63. The van der Waals surface area contributed by atoms with Crippen molar-refractivity contribution in [1.29, 1.82) is 0 Å². The molecule has 0 saturated carbocycles. The van der Waals surface area contributed by atoms with E-state index in [1.807, 2.05) is 6.07 Å². The largest absolute Gasteiger partial charge is 0.511 e. The van der Waals surface area contributed by atoms with Crippen molar-refractivity contribution in [2.24, 2.45) is 0 Å². The highest BCUT2D eigenvalue weighted by Gasteiger charge is 2.12. The van der Waals surface area contributed by atoms with Gasteiger partial charge in [0.2, 0.25) is 5.76 Å². The van der Waals surface area contributed by atoms with E-state index in [1.54, 1.807) is 31.2 Å². The Morgan fingerprint density at radius 2 is 2.07 bits per heavy atom. The van der Waals surface area contributed by atoms with E-state index >= 15 is 0 Å². The quantitative estimate of drug-likeness (QED) is 0.467. The van der Waals surface area contributed by atoms with Crippen molar-refractivity contribution in [1.82, 2.24) is 0 Å². The minimum Gasteiger partial charge on any atom is -0.511 e. The van der Waals surface area contributed by atoms with Crippen LogP contribution < -0.4 is 4.74 Å². The van der Waals surface area contributed by atoms with Crippen molar-refractivity contribution < 1.29 is 19.4 Å². The lowest BCUT2D eigenvalue weighted by Gasteiger charge is -2.07. The van der Waals surface area contributed by atoms with Crippen LogP contribution in [0, 0.1) is 0 Å². The molecule has 0 atom stereocenters. The molecule has 0 spiro atoms. The van der Waals surface area contributed by atoms with Crippen LogP contribution in [0.3, 0.4) is 0 Å². The third kappa shape index (κ3) is 3.34. The van der Waals surface area contributed by atoms with Crippen LogP contribution in [0.25, 0.3) is 0 Å². The Labute approximate surface area is 87.7 Å². The fraction of sp³-hybridized carbons (Fsp3) is 0.182. The molecule has 0 aliphatic carbocycles. The molecular formula is C11H12O4. The fourth-order valence-electron chi connectivity index (χ4n) is 0.938. The summed E-state index contributed by atoms with van der Waals surface area (Å²) in [4.78, 5) is 11.2. The van der Waals surface area contributed by atoms with Crippen molar-refractivity contribution in [3.63, 3.8) is 0 Å². The Hall–Kier alpha value is -1.97. The standard InChI is InChI=1S/C11H12O4/c1-2-14-11(13)10(8-12)15-9-6-4-3-5-7-9/h3-8,12H,2H2,1H3/b10-8+. The fourth-order valence-corrected chi connectivity index (χ4v) is 0.938. The Morgan fingerprint density at radius 1 is 1.40 bits per heavy atom. The van der Waals surface area contributed by atoms with Crippen LogP contribution in [-0.4, -0.2) is 17.7 Å². The minimum absolute atomic E-state index is 0.230. The first-order valence-electron chi connectivity index (χ1n) is 4.52. The molecule has 0 aliphatic rings. The smallest absolute Gasteiger partial charge is 0.377 e. The van der Waals surface area contributed by atoms with E-state index in [0.717, 1.165) is 0 Å². The highest BCUT2D eigenvalue weighted by molar-refractivity contribution is 5.86. The summed E-state index contributed by atoms with van der Waals surface area (Å²) in [6, 6.07) is 8.68. The Morgan fingerprint density at radius 3 is 2.60 bits per heavy atom. The highest BCUT2D eigenvalue weighted by atomic mass is 16.6. The van der Waals surface area contributed by atoms with Crippen molar-refractivity contribution in [2.45, 2.75) is 6.92 Å². The van der Waals surface area contributed by atoms with Gasteiger partial charge in [-0.05, 0) is 19.1 Å². The highest BCUT2D eigenvalue weighted by Crippen LogP contribution is 2.13. The first-order chi connectivity index (χ1) is 7.27. The Kier molecular flexibility index (Phi) is 4.22. The second-order valence-electron chi connectivity index (χ2n) is 2.63. The van der Waals surface area contributed by atoms with E-state index in [1.165, 1.54) is 0 Å². The van der Waals surface area contributed by atoms with Gasteiger partial charge in [-0.1, -0.05) is 18.2 Å². The summed E-state index contributed by atoms with van der Waals surface area (Å²) in [5, 5.41) is 8.80. The summed E-state index contributed by atoms with van der Waals surface area (Å²) in [6.07, 6.45) is 0.588. The van der Waals surface area contributed by atoms with Crippen molar-refractivity contribution in [3.05, 3.63) is 42.4 Å². The number of aliphatic hydroxyl groups is 1. The summed E-state index contributed by atoms with van der Waals surface area (Å²) in [5.41, 5.74) is 0. The predicted octanol–water partition coefficient (Wildman–Crippen LogP) is 2.03. The Bertz CT molecular complexity index is 343. The number of hydrogen-bond donors (Lipinski definition) is 1. The summed E-state index contributed by atoms with van der Waals surface area (Å²) < 4.78 is 9.79. The first-order valence-corrected chi connectivity index (χ1v) is 4.52. The van der Waals surface area contributed by atoms with E-state index in [4.69, 9.17) is 9.84 Å². The summed E-state index contributed by atoms with van der Waals surface area (Å²) in [6.45, 7) is 1.91. The number of carbonyl (C=O) groups excluding carboxylic acids is 1. The zero-order chi connectivity index (χ0) is 11.1. The number of carbonyl (C=O) groups is 1. The van der Waals surface area contributed by atoms with Gasteiger partial charge >= 0.3 is 5.97 Å². The van der Waals surface area contributed by atoms with Gasteiger partial charge in [0, 0.05) is 0 Å². The monoisotopic (exact) mass is 208 g/mol. The number of hydrogen-bond acceptors (Lipinski definition) is 4. The van der Waals surface area contributed by atoms with Crippen LogP contribution >= 0.6 is 0 Å². The number of aliphatic hydroxyl groups excluding tert-OH is 1. The van der Waals surface area contributed by atoms with Crippen molar-refractivity contribution in [3.8, 4) is 5.75 Å². The molecule has 0 saturated heterocycles. The zero-order valence-electron chi connectivity index (χ0n) is 8.34. The van der Waals surface area contributed by atoms with Crippen molar-refractivity contribution in [2.75, 3.05) is 6.61 Å². The second kappa shape index (κ2) is 5.70. The summed E-state index contributed by atoms with van der Waals surface area (Å²) in [5.74, 6) is -0.460. The molecule has 4 heteroatoms. The van der Waals surface area contributed by atoms with E-state index in [-0.39, 0.29) is 12.4 Å². The number of rotatable bonds is 4. The molecule has 1 aromatic carbocycles. The maximum atomic E-state index is 11.2. The molecule has 0 aliphatic heterocycles. The molecule has 1 aromatic rings. The zero-order valence-corrected chi connectivity index (χ0v) is 8.34. The van der Waals surface area contributed by atoms with Crippen molar-refractivity contribution >= 4 is 5.97 Å². The van der Waals surface area contributed by atoms with Crippen LogP contribution in [0.1, 0.15) is 6.92 Å². The van der Waals surface area contributed by atoms with Crippen LogP contribution in [0.4, 0.5) is 0 Å². The molecule has 4 nitrogen and oxygen atoms in total. The van der Waals surface area contributed by atoms with Gasteiger partial charge in [-0.15, -0.1) is 0 Å².